The third kappa shape index (κ3) is 4.46. The number of hydrogen-bond acceptors (Lipinski definition) is 4. The van der Waals surface area contributed by atoms with E-state index in [1.54, 1.807) is 38.2 Å². The number of ether oxygens (including phenoxy) is 1. The minimum atomic E-state index is -0.451. The van der Waals surface area contributed by atoms with Crippen LogP contribution >= 0.6 is 0 Å². The molecule has 0 spiro atoms. The van der Waals surface area contributed by atoms with Crippen LogP contribution in [0.3, 0.4) is 0 Å². The van der Waals surface area contributed by atoms with E-state index < -0.39 is 5.97 Å². The molecule has 102 valence electrons. The van der Waals surface area contributed by atoms with E-state index in [4.69, 9.17) is 10.5 Å². The van der Waals surface area contributed by atoms with Crippen molar-refractivity contribution in [2.75, 3.05) is 25.9 Å². The van der Waals surface area contributed by atoms with Crippen molar-refractivity contribution < 1.29 is 14.3 Å². The van der Waals surface area contributed by atoms with Gasteiger partial charge in [0.25, 0.3) is 5.91 Å². The number of carbonyl (C=O) groups is 2. The number of rotatable bonds is 5. The summed E-state index contributed by atoms with van der Waals surface area (Å²) in [6.07, 6.45) is 0. The van der Waals surface area contributed by atoms with Gasteiger partial charge in [0, 0.05) is 23.9 Å². The smallest absolute Gasteiger partial charge is 0.333 e. The van der Waals surface area contributed by atoms with Gasteiger partial charge >= 0.3 is 5.97 Å². The summed E-state index contributed by atoms with van der Waals surface area (Å²) in [5.41, 5.74) is 7.04. The van der Waals surface area contributed by atoms with Crippen molar-refractivity contribution in [3.05, 3.63) is 42.0 Å². The van der Waals surface area contributed by atoms with Crippen molar-refractivity contribution in [2.24, 2.45) is 0 Å². The Hall–Kier alpha value is -2.30. The molecular weight excluding hydrogens is 244 g/mol. The number of hydrogen-bond donors (Lipinski definition) is 1. The molecule has 0 fully saturated rings. The monoisotopic (exact) mass is 262 g/mol. The lowest BCUT2D eigenvalue weighted by Gasteiger charge is -2.17. The predicted octanol–water partition coefficient (Wildman–Crippen LogP) is 1.46. The van der Waals surface area contributed by atoms with E-state index in [9.17, 15) is 9.59 Å². The highest BCUT2D eigenvalue weighted by atomic mass is 16.5. The maximum Gasteiger partial charge on any atom is 0.333 e. The normalized spacial score (nSPS) is 9.79. The molecular formula is C14H18N2O3. The number of carbonyl (C=O) groups excluding carboxylic acids is 2. The molecule has 0 bridgehead atoms. The maximum atomic E-state index is 12.0. The standard InChI is InChI=1S/C14H18N2O3/c1-10(2)14(18)19-9-8-16(3)13(17)11-4-6-12(15)7-5-11/h4-7H,1,8-9,15H2,2-3H3. The van der Waals surface area contributed by atoms with Gasteiger partial charge in [-0.05, 0) is 31.2 Å². The van der Waals surface area contributed by atoms with Gasteiger partial charge in [-0.15, -0.1) is 0 Å². The molecule has 2 N–H and O–H groups in total. The van der Waals surface area contributed by atoms with Crippen LogP contribution in [-0.4, -0.2) is 37.0 Å². The van der Waals surface area contributed by atoms with Gasteiger partial charge in [-0.1, -0.05) is 6.58 Å². The molecule has 5 nitrogen and oxygen atoms in total. The Morgan fingerprint density at radius 2 is 1.89 bits per heavy atom. The first kappa shape index (κ1) is 14.8. The van der Waals surface area contributed by atoms with Crippen LogP contribution in [0.25, 0.3) is 0 Å². The molecule has 1 aromatic carbocycles. The van der Waals surface area contributed by atoms with Crippen LogP contribution in [0.2, 0.25) is 0 Å². The highest BCUT2D eigenvalue weighted by molar-refractivity contribution is 5.94. The molecule has 0 aliphatic heterocycles. The summed E-state index contributed by atoms with van der Waals surface area (Å²) in [4.78, 5) is 24.6. The lowest BCUT2D eigenvalue weighted by atomic mass is 10.2. The van der Waals surface area contributed by atoms with Crippen LogP contribution in [0.15, 0.2) is 36.4 Å². The third-order valence-corrected chi connectivity index (χ3v) is 2.51. The summed E-state index contributed by atoms with van der Waals surface area (Å²) in [6.45, 7) is 5.52. The third-order valence-electron chi connectivity index (χ3n) is 2.51. The Labute approximate surface area is 112 Å². The molecule has 5 heteroatoms. The van der Waals surface area contributed by atoms with E-state index in [1.165, 1.54) is 4.90 Å². The molecule has 1 rings (SSSR count). The molecule has 0 atom stereocenters. The van der Waals surface area contributed by atoms with E-state index in [1.807, 2.05) is 0 Å². The predicted molar refractivity (Wildman–Crippen MR) is 73.6 cm³/mol. The summed E-state index contributed by atoms with van der Waals surface area (Å²) in [7, 11) is 1.65. The molecule has 0 saturated heterocycles. The zero-order chi connectivity index (χ0) is 14.4. The van der Waals surface area contributed by atoms with Crippen molar-refractivity contribution >= 4 is 17.6 Å². The van der Waals surface area contributed by atoms with Crippen LogP contribution in [0.5, 0.6) is 0 Å². The van der Waals surface area contributed by atoms with E-state index in [0.29, 0.717) is 23.4 Å². The van der Waals surface area contributed by atoms with E-state index in [-0.39, 0.29) is 12.5 Å². The molecule has 0 aliphatic rings. The average Bonchev–Trinajstić information content (AvgIpc) is 2.38. The topological polar surface area (TPSA) is 72.6 Å². The summed E-state index contributed by atoms with van der Waals surface area (Å²) in [5, 5.41) is 0. The summed E-state index contributed by atoms with van der Waals surface area (Å²) < 4.78 is 4.93. The second-order valence-electron chi connectivity index (χ2n) is 4.26. The fourth-order valence-electron chi connectivity index (χ4n) is 1.35. The molecule has 0 radical (unpaired) electrons. The molecule has 1 aromatic rings. The van der Waals surface area contributed by atoms with E-state index in [0.717, 1.165) is 0 Å². The first-order valence-corrected chi connectivity index (χ1v) is 5.85. The van der Waals surface area contributed by atoms with Gasteiger partial charge in [-0.25, -0.2) is 4.79 Å². The van der Waals surface area contributed by atoms with Crippen molar-refractivity contribution in [3.8, 4) is 0 Å². The van der Waals surface area contributed by atoms with Crippen molar-refractivity contribution in [1.82, 2.24) is 4.90 Å². The molecule has 19 heavy (non-hydrogen) atoms. The van der Waals surface area contributed by atoms with Crippen molar-refractivity contribution in [1.29, 1.82) is 0 Å². The van der Waals surface area contributed by atoms with Gasteiger partial charge in [0.05, 0.1) is 6.54 Å². The van der Waals surface area contributed by atoms with Crippen LogP contribution in [0.1, 0.15) is 17.3 Å². The number of nitrogen functional groups attached to an aromatic ring is 1. The second kappa shape index (κ2) is 6.58. The van der Waals surface area contributed by atoms with Gasteiger partial charge in [0.2, 0.25) is 0 Å². The number of benzene rings is 1. The molecule has 0 unspecified atom stereocenters. The number of nitrogens with zero attached hydrogens (tertiary/aromatic N) is 1. The zero-order valence-electron chi connectivity index (χ0n) is 11.2. The van der Waals surface area contributed by atoms with Gasteiger partial charge in [-0.3, -0.25) is 4.79 Å². The average molecular weight is 262 g/mol. The zero-order valence-corrected chi connectivity index (χ0v) is 11.2. The van der Waals surface area contributed by atoms with Crippen molar-refractivity contribution in [2.45, 2.75) is 6.92 Å². The first-order valence-electron chi connectivity index (χ1n) is 5.85. The van der Waals surface area contributed by atoms with Gasteiger partial charge < -0.3 is 15.4 Å². The van der Waals surface area contributed by atoms with Gasteiger partial charge in [0.1, 0.15) is 6.61 Å². The summed E-state index contributed by atoms with van der Waals surface area (Å²) >= 11 is 0. The lowest BCUT2D eigenvalue weighted by Crippen LogP contribution is -2.30. The van der Waals surface area contributed by atoms with Crippen LogP contribution in [0.4, 0.5) is 5.69 Å². The fourth-order valence-corrected chi connectivity index (χ4v) is 1.35. The van der Waals surface area contributed by atoms with Crippen LogP contribution in [0, 0.1) is 0 Å². The Morgan fingerprint density at radius 3 is 2.42 bits per heavy atom. The number of likely N-dealkylation sites (N-methyl/N-ethyl adjacent to an activating group) is 1. The number of esters is 1. The molecule has 0 heterocycles. The minimum Gasteiger partial charge on any atom is -0.460 e. The number of anilines is 1. The highest BCUT2D eigenvalue weighted by Crippen LogP contribution is 2.07. The molecule has 0 saturated carbocycles. The SMILES string of the molecule is C=C(C)C(=O)OCCN(C)C(=O)c1ccc(N)cc1. The van der Waals surface area contributed by atoms with E-state index in [2.05, 4.69) is 6.58 Å². The summed E-state index contributed by atoms with van der Waals surface area (Å²) in [5.74, 6) is -0.597. The first-order chi connectivity index (χ1) is 8.91. The Bertz CT molecular complexity index is 480. The van der Waals surface area contributed by atoms with Crippen LogP contribution < -0.4 is 5.73 Å². The maximum absolute atomic E-state index is 12.0. The second-order valence-corrected chi connectivity index (χ2v) is 4.26. The van der Waals surface area contributed by atoms with Crippen molar-refractivity contribution in [3.63, 3.8) is 0 Å². The minimum absolute atomic E-state index is 0.142. The van der Waals surface area contributed by atoms with E-state index >= 15 is 0 Å². The Morgan fingerprint density at radius 1 is 1.32 bits per heavy atom. The Balaban J connectivity index is 2.47. The van der Waals surface area contributed by atoms with Gasteiger partial charge in [-0.2, -0.15) is 0 Å². The quantitative estimate of drug-likeness (QED) is 0.495. The lowest BCUT2D eigenvalue weighted by molar-refractivity contribution is -0.139. The molecule has 0 aromatic heterocycles. The fraction of sp³-hybridized carbons (Fsp3) is 0.286. The van der Waals surface area contributed by atoms with Crippen LogP contribution in [-0.2, 0) is 9.53 Å². The number of amides is 1. The summed E-state index contributed by atoms with van der Waals surface area (Å²) in [6, 6.07) is 6.66. The Kier molecular flexibility index (Phi) is 5.11. The largest absolute Gasteiger partial charge is 0.460 e. The molecule has 1 amide bonds. The van der Waals surface area contributed by atoms with Gasteiger partial charge in [0.15, 0.2) is 0 Å². The number of nitrogens with two attached hydrogens (primary N) is 1. The highest BCUT2D eigenvalue weighted by Gasteiger charge is 2.12. The molecule has 0 aliphatic carbocycles.